The molecule has 10 heavy (non-hydrogen) atoms. The molecule has 0 radical (unpaired) electrons. The SMILES string of the molecule is C=Nc1sccc1C(=C)C. The topological polar surface area (TPSA) is 12.4 Å². The van der Waals surface area contributed by atoms with Gasteiger partial charge in [-0.25, -0.2) is 0 Å². The number of thiophene rings is 1. The van der Waals surface area contributed by atoms with Crippen LogP contribution >= 0.6 is 11.3 Å². The lowest BCUT2D eigenvalue weighted by Gasteiger charge is -1.93. The van der Waals surface area contributed by atoms with Gasteiger partial charge in [0.05, 0.1) is 0 Å². The molecular weight excluding hydrogens is 142 g/mol. The molecule has 0 aliphatic rings. The predicted octanol–water partition coefficient (Wildman–Crippen LogP) is 3.11. The number of allylic oxidation sites excluding steroid dienone is 1. The van der Waals surface area contributed by atoms with E-state index < -0.39 is 0 Å². The fourth-order valence-electron chi connectivity index (χ4n) is 0.749. The molecule has 0 aliphatic heterocycles. The van der Waals surface area contributed by atoms with Crippen LogP contribution in [0.15, 0.2) is 23.0 Å². The molecule has 0 saturated carbocycles. The second kappa shape index (κ2) is 2.80. The Hall–Kier alpha value is -0.890. The number of nitrogens with zero attached hydrogens (tertiary/aromatic N) is 1. The molecule has 0 amide bonds. The van der Waals surface area contributed by atoms with Crippen molar-refractivity contribution in [3.63, 3.8) is 0 Å². The first-order chi connectivity index (χ1) is 4.75. The van der Waals surface area contributed by atoms with Gasteiger partial charge in [-0.3, -0.25) is 4.99 Å². The van der Waals surface area contributed by atoms with Crippen LogP contribution in [0.25, 0.3) is 5.57 Å². The van der Waals surface area contributed by atoms with Crippen molar-refractivity contribution >= 4 is 28.6 Å². The van der Waals surface area contributed by atoms with E-state index in [0.29, 0.717) is 0 Å². The Labute approximate surface area is 64.7 Å². The molecule has 0 saturated heterocycles. The van der Waals surface area contributed by atoms with E-state index in [2.05, 4.69) is 18.3 Å². The van der Waals surface area contributed by atoms with Crippen molar-refractivity contribution in [3.8, 4) is 0 Å². The minimum atomic E-state index is 0.965. The van der Waals surface area contributed by atoms with E-state index in [1.165, 1.54) is 0 Å². The first-order valence-corrected chi connectivity index (χ1v) is 3.83. The summed E-state index contributed by atoms with van der Waals surface area (Å²) in [5.41, 5.74) is 2.16. The van der Waals surface area contributed by atoms with Gasteiger partial charge < -0.3 is 0 Å². The molecule has 1 nitrogen and oxygen atoms in total. The van der Waals surface area contributed by atoms with Crippen molar-refractivity contribution in [1.82, 2.24) is 0 Å². The zero-order valence-corrected chi connectivity index (χ0v) is 6.74. The van der Waals surface area contributed by atoms with Crippen molar-refractivity contribution in [3.05, 3.63) is 23.6 Å². The van der Waals surface area contributed by atoms with Crippen LogP contribution in [-0.4, -0.2) is 6.72 Å². The van der Waals surface area contributed by atoms with Gasteiger partial charge in [-0.05, 0) is 30.7 Å². The van der Waals surface area contributed by atoms with Crippen LogP contribution in [0.2, 0.25) is 0 Å². The van der Waals surface area contributed by atoms with E-state index >= 15 is 0 Å². The molecule has 1 rings (SSSR count). The van der Waals surface area contributed by atoms with E-state index in [1.54, 1.807) is 11.3 Å². The minimum Gasteiger partial charge on any atom is -0.253 e. The Balaban J connectivity index is 3.13. The van der Waals surface area contributed by atoms with Crippen molar-refractivity contribution in [2.45, 2.75) is 6.92 Å². The molecule has 0 aromatic carbocycles. The van der Waals surface area contributed by atoms with Crippen LogP contribution in [-0.2, 0) is 0 Å². The van der Waals surface area contributed by atoms with Gasteiger partial charge in [-0.15, -0.1) is 11.3 Å². The average Bonchev–Trinajstić information content (AvgIpc) is 2.33. The highest BCUT2D eigenvalue weighted by molar-refractivity contribution is 7.14. The van der Waals surface area contributed by atoms with Gasteiger partial charge in [0.2, 0.25) is 0 Å². The van der Waals surface area contributed by atoms with Crippen LogP contribution in [0.1, 0.15) is 12.5 Å². The molecule has 0 N–H and O–H groups in total. The van der Waals surface area contributed by atoms with Crippen LogP contribution < -0.4 is 0 Å². The largest absolute Gasteiger partial charge is 0.253 e. The fraction of sp³-hybridized carbons (Fsp3) is 0.125. The molecule has 1 aromatic heterocycles. The van der Waals surface area contributed by atoms with Gasteiger partial charge in [0, 0.05) is 5.56 Å². The summed E-state index contributed by atoms with van der Waals surface area (Å²) >= 11 is 1.59. The third-order valence-corrected chi connectivity index (χ3v) is 2.09. The zero-order valence-electron chi connectivity index (χ0n) is 5.92. The van der Waals surface area contributed by atoms with Crippen molar-refractivity contribution in [2.75, 3.05) is 0 Å². The van der Waals surface area contributed by atoms with Gasteiger partial charge in [-0.2, -0.15) is 0 Å². The first-order valence-electron chi connectivity index (χ1n) is 2.96. The summed E-state index contributed by atoms with van der Waals surface area (Å²) in [5.74, 6) is 0. The Morgan fingerprint density at radius 2 is 2.40 bits per heavy atom. The second-order valence-electron chi connectivity index (χ2n) is 2.08. The first kappa shape index (κ1) is 7.22. The van der Waals surface area contributed by atoms with Crippen molar-refractivity contribution in [2.24, 2.45) is 4.99 Å². The highest BCUT2D eigenvalue weighted by Crippen LogP contribution is 2.30. The number of aliphatic imine (C=N–C) groups is 1. The minimum absolute atomic E-state index is 0.965. The Bertz CT molecular complexity index is 260. The van der Waals surface area contributed by atoms with Crippen LogP contribution in [0.3, 0.4) is 0 Å². The lowest BCUT2D eigenvalue weighted by molar-refractivity contribution is 1.59. The number of hydrogen-bond acceptors (Lipinski definition) is 2. The predicted molar refractivity (Wildman–Crippen MR) is 48.2 cm³/mol. The maximum atomic E-state index is 3.86. The molecule has 2 heteroatoms. The average molecular weight is 151 g/mol. The van der Waals surface area contributed by atoms with Crippen LogP contribution in [0.5, 0.6) is 0 Å². The Kier molecular flexibility index (Phi) is 2.02. The zero-order chi connectivity index (χ0) is 7.56. The van der Waals surface area contributed by atoms with E-state index in [9.17, 15) is 0 Å². The highest BCUT2D eigenvalue weighted by atomic mass is 32.1. The van der Waals surface area contributed by atoms with Gasteiger partial charge in [0.1, 0.15) is 5.00 Å². The molecule has 1 heterocycles. The second-order valence-corrected chi connectivity index (χ2v) is 2.97. The summed E-state index contributed by atoms with van der Waals surface area (Å²) in [6.45, 7) is 9.26. The maximum Gasteiger partial charge on any atom is 0.122 e. The third kappa shape index (κ3) is 1.16. The third-order valence-electron chi connectivity index (χ3n) is 1.25. The van der Waals surface area contributed by atoms with Gasteiger partial charge in [0.25, 0.3) is 0 Å². The van der Waals surface area contributed by atoms with Crippen molar-refractivity contribution < 1.29 is 0 Å². The van der Waals surface area contributed by atoms with Gasteiger partial charge in [-0.1, -0.05) is 6.58 Å². The molecule has 0 bridgehead atoms. The molecule has 0 unspecified atom stereocenters. The normalized spacial score (nSPS) is 9.30. The van der Waals surface area contributed by atoms with Crippen LogP contribution in [0.4, 0.5) is 5.00 Å². The number of rotatable bonds is 2. The lowest BCUT2D eigenvalue weighted by atomic mass is 10.2. The van der Waals surface area contributed by atoms with Gasteiger partial charge in [0.15, 0.2) is 0 Å². The molecule has 0 aliphatic carbocycles. The van der Waals surface area contributed by atoms with E-state index in [-0.39, 0.29) is 0 Å². The molecule has 0 spiro atoms. The molecule has 1 aromatic rings. The highest BCUT2D eigenvalue weighted by Gasteiger charge is 2.00. The molecular formula is C8H9NS. The molecule has 0 atom stereocenters. The molecule has 0 fully saturated rings. The quantitative estimate of drug-likeness (QED) is 0.576. The van der Waals surface area contributed by atoms with Crippen molar-refractivity contribution in [1.29, 1.82) is 0 Å². The fourth-order valence-corrected chi connectivity index (χ4v) is 1.53. The maximum absolute atomic E-state index is 3.86. The summed E-state index contributed by atoms with van der Waals surface area (Å²) in [6.07, 6.45) is 0. The van der Waals surface area contributed by atoms with E-state index in [1.807, 2.05) is 18.4 Å². The van der Waals surface area contributed by atoms with Gasteiger partial charge >= 0.3 is 0 Å². The monoisotopic (exact) mass is 151 g/mol. The Morgan fingerprint density at radius 3 is 2.80 bits per heavy atom. The van der Waals surface area contributed by atoms with E-state index in [4.69, 9.17) is 0 Å². The smallest absolute Gasteiger partial charge is 0.122 e. The summed E-state index contributed by atoms with van der Waals surface area (Å²) in [4.78, 5) is 3.86. The van der Waals surface area contributed by atoms with E-state index in [0.717, 1.165) is 16.1 Å². The summed E-state index contributed by atoms with van der Waals surface area (Å²) in [7, 11) is 0. The summed E-state index contributed by atoms with van der Waals surface area (Å²) in [5, 5.41) is 2.96. The van der Waals surface area contributed by atoms with Crippen LogP contribution in [0, 0.1) is 0 Å². The number of hydrogen-bond donors (Lipinski definition) is 0. The Morgan fingerprint density at radius 1 is 1.70 bits per heavy atom. The standard InChI is InChI=1S/C8H9NS/c1-6(2)7-4-5-10-8(7)9-3/h4-5H,1,3H2,2H3. The molecule has 52 valence electrons. The summed E-state index contributed by atoms with van der Waals surface area (Å²) < 4.78 is 0. The lowest BCUT2D eigenvalue weighted by Crippen LogP contribution is -1.69. The summed E-state index contributed by atoms with van der Waals surface area (Å²) in [6, 6.07) is 2.01.